The molecule has 1 aromatic carbocycles. The second-order valence-corrected chi connectivity index (χ2v) is 4.31. The Morgan fingerprint density at radius 1 is 1.40 bits per heavy atom. The van der Waals surface area contributed by atoms with Gasteiger partial charge in [0.25, 0.3) is 5.91 Å². The van der Waals surface area contributed by atoms with Gasteiger partial charge in [0, 0.05) is 0 Å². The smallest absolute Gasteiger partial charge is 0.328 e. The number of hydrogen-bond acceptors (Lipinski definition) is 3. The molecule has 0 saturated heterocycles. The molecule has 0 aliphatic heterocycles. The average Bonchev–Trinajstić information content (AvgIpc) is 2.39. The second-order valence-electron chi connectivity index (χ2n) is 4.31. The minimum absolute atomic E-state index is 0.148. The molecule has 108 valence electrons. The van der Waals surface area contributed by atoms with Gasteiger partial charge in [0.1, 0.15) is 6.04 Å². The maximum atomic E-state index is 13.5. The van der Waals surface area contributed by atoms with E-state index in [4.69, 9.17) is 0 Å². The quantitative estimate of drug-likeness (QED) is 0.666. The molecule has 0 unspecified atom stereocenters. The first-order chi connectivity index (χ1) is 9.36. The van der Waals surface area contributed by atoms with E-state index in [-0.39, 0.29) is 6.42 Å². The first-order valence-corrected chi connectivity index (χ1v) is 5.84. The number of amides is 1. The molecule has 1 amide bonds. The van der Waals surface area contributed by atoms with E-state index in [2.05, 4.69) is 16.6 Å². The van der Waals surface area contributed by atoms with Gasteiger partial charge in [-0.1, -0.05) is 11.6 Å². The third-order valence-electron chi connectivity index (χ3n) is 2.54. The van der Waals surface area contributed by atoms with Crippen molar-refractivity contribution in [2.24, 2.45) is 0 Å². The molecule has 1 N–H and O–H groups in total. The fourth-order valence-electron chi connectivity index (χ4n) is 1.60. The van der Waals surface area contributed by atoms with E-state index in [0.717, 1.165) is 12.1 Å². The van der Waals surface area contributed by atoms with E-state index < -0.39 is 35.1 Å². The Bertz CT molecular complexity index is 543. The molecule has 1 atom stereocenters. The van der Waals surface area contributed by atoms with Crippen molar-refractivity contribution in [3.63, 3.8) is 0 Å². The molecule has 0 heterocycles. The lowest BCUT2D eigenvalue weighted by atomic mass is 10.1. The van der Waals surface area contributed by atoms with Gasteiger partial charge in [-0.25, -0.2) is 13.6 Å². The van der Waals surface area contributed by atoms with Crippen molar-refractivity contribution >= 4 is 11.9 Å². The van der Waals surface area contributed by atoms with Crippen LogP contribution in [0.4, 0.5) is 8.78 Å². The van der Waals surface area contributed by atoms with Crippen LogP contribution in [0.15, 0.2) is 30.4 Å². The first kappa shape index (κ1) is 15.8. The van der Waals surface area contributed by atoms with Gasteiger partial charge in [0.2, 0.25) is 0 Å². The minimum Gasteiger partial charge on any atom is -0.467 e. The van der Waals surface area contributed by atoms with Crippen LogP contribution in [0, 0.1) is 11.6 Å². The monoisotopic (exact) mass is 283 g/mol. The third-order valence-corrected chi connectivity index (χ3v) is 2.54. The highest BCUT2D eigenvalue weighted by molar-refractivity contribution is 5.97. The summed E-state index contributed by atoms with van der Waals surface area (Å²) < 4.78 is 31.1. The van der Waals surface area contributed by atoms with Gasteiger partial charge in [0.05, 0.1) is 12.7 Å². The summed E-state index contributed by atoms with van der Waals surface area (Å²) in [5.74, 6) is -3.96. The summed E-state index contributed by atoms with van der Waals surface area (Å²) in [5, 5.41) is 2.30. The summed E-state index contributed by atoms with van der Waals surface area (Å²) in [6, 6.07) is 2.24. The predicted octanol–water partition coefficient (Wildman–Crippen LogP) is 2.20. The zero-order chi connectivity index (χ0) is 15.3. The van der Waals surface area contributed by atoms with Crippen molar-refractivity contribution in [2.45, 2.75) is 19.4 Å². The van der Waals surface area contributed by atoms with Gasteiger partial charge in [0.15, 0.2) is 11.6 Å². The highest BCUT2D eigenvalue weighted by atomic mass is 19.2. The van der Waals surface area contributed by atoms with E-state index >= 15 is 0 Å². The molecule has 4 nitrogen and oxygen atoms in total. The fourth-order valence-corrected chi connectivity index (χ4v) is 1.60. The maximum Gasteiger partial charge on any atom is 0.328 e. The molecular formula is C14H15F2NO3. The number of hydrogen-bond donors (Lipinski definition) is 1. The lowest BCUT2D eigenvalue weighted by Crippen LogP contribution is -2.42. The van der Waals surface area contributed by atoms with E-state index in [9.17, 15) is 18.4 Å². The number of esters is 1. The Hall–Kier alpha value is -2.24. The Balaban J connectivity index is 2.93. The van der Waals surface area contributed by atoms with Crippen LogP contribution in [0.1, 0.15) is 23.7 Å². The van der Waals surface area contributed by atoms with Gasteiger partial charge in [-0.05, 0) is 25.5 Å². The Labute approximate surface area is 115 Å². The van der Waals surface area contributed by atoms with Crippen LogP contribution in [0.2, 0.25) is 0 Å². The number of rotatable bonds is 5. The van der Waals surface area contributed by atoms with E-state index in [1.807, 2.05) is 0 Å². The Morgan fingerprint density at radius 3 is 2.60 bits per heavy atom. The van der Waals surface area contributed by atoms with Crippen molar-refractivity contribution in [3.8, 4) is 0 Å². The van der Waals surface area contributed by atoms with Crippen molar-refractivity contribution < 1.29 is 23.1 Å². The molecule has 0 aromatic heterocycles. The van der Waals surface area contributed by atoms with E-state index in [1.54, 1.807) is 6.92 Å². The van der Waals surface area contributed by atoms with Crippen LogP contribution in [-0.4, -0.2) is 25.0 Å². The number of carbonyl (C=O) groups is 2. The SMILES string of the molecule is C=C(C)C[C@@H](NC(=O)c1cccc(F)c1F)C(=O)OC. The minimum atomic E-state index is -1.26. The van der Waals surface area contributed by atoms with E-state index in [0.29, 0.717) is 5.57 Å². The van der Waals surface area contributed by atoms with E-state index in [1.165, 1.54) is 13.2 Å². The van der Waals surface area contributed by atoms with Crippen LogP contribution in [-0.2, 0) is 9.53 Å². The van der Waals surface area contributed by atoms with Crippen LogP contribution >= 0.6 is 0 Å². The lowest BCUT2D eigenvalue weighted by molar-refractivity contribution is -0.142. The molecule has 0 bridgehead atoms. The van der Waals surface area contributed by atoms with Gasteiger partial charge in [-0.2, -0.15) is 0 Å². The topological polar surface area (TPSA) is 55.4 Å². The number of benzene rings is 1. The number of nitrogens with one attached hydrogen (secondary N) is 1. The molecule has 1 aromatic rings. The number of carbonyl (C=O) groups excluding carboxylic acids is 2. The van der Waals surface area contributed by atoms with Gasteiger partial charge < -0.3 is 10.1 Å². The summed E-state index contributed by atoms with van der Waals surface area (Å²) in [7, 11) is 1.17. The van der Waals surface area contributed by atoms with Gasteiger partial charge in [-0.3, -0.25) is 4.79 Å². The van der Waals surface area contributed by atoms with Crippen LogP contribution < -0.4 is 5.32 Å². The molecule has 1 rings (SSSR count). The molecule has 0 saturated carbocycles. The summed E-state index contributed by atoms with van der Waals surface area (Å²) in [4.78, 5) is 23.4. The van der Waals surface area contributed by atoms with Crippen molar-refractivity contribution in [3.05, 3.63) is 47.5 Å². The summed E-state index contributed by atoms with van der Waals surface area (Å²) in [6.45, 7) is 5.30. The Morgan fingerprint density at radius 2 is 2.05 bits per heavy atom. The maximum absolute atomic E-state index is 13.5. The van der Waals surface area contributed by atoms with Crippen LogP contribution in [0.3, 0.4) is 0 Å². The Kier molecular flexibility index (Phi) is 5.37. The summed E-state index contributed by atoms with van der Waals surface area (Å²) in [5.41, 5.74) is 0.168. The average molecular weight is 283 g/mol. The van der Waals surface area contributed by atoms with Gasteiger partial charge in [-0.15, -0.1) is 6.58 Å². The summed E-state index contributed by atoms with van der Waals surface area (Å²) >= 11 is 0. The molecule has 0 fully saturated rings. The van der Waals surface area contributed by atoms with Crippen LogP contribution in [0.25, 0.3) is 0 Å². The number of halogens is 2. The molecule has 0 spiro atoms. The first-order valence-electron chi connectivity index (χ1n) is 5.84. The molecule has 0 aliphatic rings. The summed E-state index contributed by atoms with van der Waals surface area (Å²) in [6.07, 6.45) is 0.148. The van der Waals surface area contributed by atoms with Gasteiger partial charge >= 0.3 is 5.97 Å². The predicted molar refractivity (Wildman–Crippen MR) is 69.1 cm³/mol. The highest BCUT2D eigenvalue weighted by Gasteiger charge is 2.24. The third kappa shape index (κ3) is 3.88. The lowest BCUT2D eigenvalue weighted by Gasteiger charge is -2.16. The number of methoxy groups -OCH3 is 1. The zero-order valence-corrected chi connectivity index (χ0v) is 11.2. The van der Waals surface area contributed by atoms with Crippen molar-refractivity contribution in [1.82, 2.24) is 5.32 Å². The standard InChI is InChI=1S/C14H15F2NO3/c1-8(2)7-11(14(19)20-3)17-13(18)9-5-4-6-10(15)12(9)16/h4-6,11H,1,7H2,2-3H3,(H,17,18)/t11-/m1/s1. The molecule has 6 heteroatoms. The van der Waals surface area contributed by atoms with Crippen molar-refractivity contribution in [1.29, 1.82) is 0 Å². The molecule has 0 radical (unpaired) electrons. The van der Waals surface area contributed by atoms with Crippen molar-refractivity contribution in [2.75, 3.05) is 7.11 Å². The molecule has 20 heavy (non-hydrogen) atoms. The van der Waals surface area contributed by atoms with Crippen LogP contribution in [0.5, 0.6) is 0 Å². The zero-order valence-electron chi connectivity index (χ0n) is 11.2. The second kappa shape index (κ2) is 6.79. The molecular weight excluding hydrogens is 268 g/mol. The largest absolute Gasteiger partial charge is 0.467 e. The highest BCUT2D eigenvalue weighted by Crippen LogP contribution is 2.12. The molecule has 0 aliphatic carbocycles. The fraction of sp³-hybridized carbons (Fsp3) is 0.286. The number of ether oxygens (including phenoxy) is 1. The normalized spacial score (nSPS) is 11.6.